The molecule has 0 bridgehead atoms. The summed E-state index contributed by atoms with van der Waals surface area (Å²) < 4.78 is 5.95. The zero-order valence-electron chi connectivity index (χ0n) is 11.8. The van der Waals surface area contributed by atoms with Gasteiger partial charge >= 0.3 is 0 Å². The van der Waals surface area contributed by atoms with Gasteiger partial charge in [0, 0.05) is 6.04 Å². The van der Waals surface area contributed by atoms with Crippen LogP contribution < -0.4 is 10.5 Å². The molecule has 2 nitrogen and oxygen atoms in total. The molecule has 0 heterocycles. The smallest absolute Gasteiger partial charge is 0.122 e. The van der Waals surface area contributed by atoms with Gasteiger partial charge in [0.25, 0.3) is 0 Å². The van der Waals surface area contributed by atoms with Crippen LogP contribution in [0.4, 0.5) is 0 Å². The van der Waals surface area contributed by atoms with Crippen molar-refractivity contribution in [3.05, 3.63) is 28.8 Å². The Labute approximate surface area is 111 Å². The number of hydrogen-bond acceptors (Lipinski definition) is 2. The molecule has 1 saturated carbocycles. The molecule has 1 fully saturated rings. The lowest BCUT2D eigenvalue weighted by atomic mass is 10.00. The minimum atomic E-state index is 0.188. The van der Waals surface area contributed by atoms with Gasteiger partial charge in [-0.3, -0.25) is 0 Å². The molecule has 1 unspecified atom stereocenters. The minimum absolute atomic E-state index is 0.188. The first-order valence-electron chi connectivity index (χ1n) is 7.04. The van der Waals surface area contributed by atoms with Gasteiger partial charge in [0.15, 0.2) is 0 Å². The van der Waals surface area contributed by atoms with Crippen molar-refractivity contribution < 1.29 is 4.74 Å². The van der Waals surface area contributed by atoms with Crippen molar-refractivity contribution in [2.75, 3.05) is 6.61 Å². The van der Waals surface area contributed by atoms with E-state index in [4.69, 9.17) is 10.5 Å². The number of nitrogens with two attached hydrogens (primary N) is 1. The van der Waals surface area contributed by atoms with E-state index in [2.05, 4.69) is 32.9 Å². The summed E-state index contributed by atoms with van der Waals surface area (Å²) in [6, 6.07) is 4.50. The Kier molecular flexibility index (Phi) is 4.28. The maximum Gasteiger partial charge on any atom is 0.122 e. The second kappa shape index (κ2) is 5.75. The Balaban J connectivity index is 1.97. The summed E-state index contributed by atoms with van der Waals surface area (Å²) in [6.07, 6.45) is 5.22. The summed E-state index contributed by atoms with van der Waals surface area (Å²) in [5.74, 6) is 1.66. The first-order valence-corrected chi connectivity index (χ1v) is 7.04. The number of aryl methyl sites for hydroxylation is 2. The molecule has 0 aliphatic heterocycles. The molecule has 1 aliphatic carbocycles. The van der Waals surface area contributed by atoms with Crippen LogP contribution in [0.3, 0.4) is 0 Å². The highest BCUT2D eigenvalue weighted by atomic mass is 16.5. The molecule has 0 spiro atoms. The predicted molar refractivity (Wildman–Crippen MR) is 76.1 cm³/mol. The van der Waals surface area contributed by atoms with Gasteiger partial charge in [0.05, 0.1) is 0 Å². The molecule has 1 aromatic rings. The zero-order valence-corrected chi connectivity index (χ0v) is 11.8. The molecule has 1 aromatic carbocycles. The summed E-state index contributed by atoms with van der Waals surface area (Å²) in [5, 5.41) is 0. The van der Waals surface area contributed by atoms with Crippen molar-refractivity contribution in [3.63, 3.8) is 0 Å². The molecule has 2 N–H and O–H groups in total. The standard InChI is InChI=1S/C16H25NO/c1-11-8-12(2)13(3)16(9-11)18-10-15(17)14-6-4-5-7-14/h8-9,14-15H,4-7,10,17H2,1-3H3. The van der Waals surface area contributed by atoms with Crippen LogP contribution in [0.2, 0.25) is 0 Å². The maximum absolute atomic E-state index is 6.23. The van der Waals surface area contributed by atoms with Crippen molar-refractivity contribution >= 4 is 0 Å². The minimum Gasteiger partial charge on any atom is -0.492 e. The van der Waals surface area contributed by atoms with E-state index in [1.165, 1.54) is 42.4 Å². The number of hydrogen-bond donors (Lipinski definition) is 1. The van der Waals surface area contributed by atoms with Crippen LogP contribution in [0.1, 0.15) is 42.4 Å². The highest BCUT2D eigenvalue weighted by molar-refractivity contribution is 5.41. The van der Waals surface area contributed by atoms with Gasteiger partial charge in [0.1, 0.15) is 12.4 Å². The molecule has 0 amide bonds. The average Bonchev–Trinajstić information content (AvgIpc) is 2.85. The fourth-order valence-electron chi connectivity index (χ4n) is 2.86. The van der Waals surface area contributed by atoms with E-state index in [9.17, 15) is 0 Å². The molecule has 18 heavy (non-hydrogen) atoms. The zero-order chi connectivity index (χ0) is 13.1. The second-order valence-corrected chi connectivity index (χ2v) is 5.72. The third kappa shape index (κ3) is 3.05. The van der Waals surface area contributed by atoms with E-state index in [-0.39, 0.29) is 6.04 Å². The van der Waals surface area contributed by atoms with Crippen LogP contribution >= 0.6 is 0 Å². The van der Waals surface area contributed by atoms with Gasteiger partial charge in [-0.15, -0.1) is 0 Å². The molecule has 1 atom stereocenters. The van der Waals surface area contributed by atoms with E-state index in [0.29, 0.717) is 12.5 Å². The van der Waals surface area contributed by atoms with Gasteiger partial charge in [-0.25, -0.2) is 0 Å². The van der Waals surface area contributed by atoms with Crippen LogP contribution in [0.5, 0.6) is 5.75 Å². The summed E-state index contributed by atoms with van der Waals surface area (Å²) in [7, 11) is 0. The van der Waals surface area contributed by atoms with Gasteiger partial charge in [-0.05, 0) is 62.3 Å². The van der Waals surface area contributed by atoms with Crippen molar-refractivity contribution in [2.45, 2.75) is 52.5 Å². The van der Waals surface area contributed by atoms with Crippen LogP contribution in [0.15, 0.2) is 12.1 Å². The van der Waals surface area contributed by atoms with Gasteiger partial charge in [0.2, 0.25) is 0 Å². The lowest BCUT2D eigenvalue weighted by Gasteiger charge is -2.20. The van der Waals surface area contributed by atoms with Gasteiger partial charge in [-0.2, -0.15) is 0 Å². The monoisotopic (exact) mass is 247 g/mol. The Morgan fingerprint density at radius 3 is 2.56 bits per heavy atom. The maximum atomic E-state index is 6.23. The molecule has 0 radical (unpaired) electrons. The lowest BCUT2D eigenvalue weighted by Crippen LogP contribution is -2.34. The van der Waals surface area contributed by atoms with E-state index in [1.54, 1.807) is 0 Å². The largest absolute Gasteiger partial charge is 0.492 e. The highest BCUT2D eigenvalue weighted by Crippen LogP contribution is 2.28. The van der Waals surface area contributed by atoms with Gasteiger partial charge < -0.3 is 10.5 Å². The molecule has 1 aliphatic rings. The molecule has 0 aromatic heterocycles. The van der Waals surface area contributed by atoms with Crippen LogP contribution in [-0.2, 0) is 0 Å². The second-order valence-electron chi connectivity index (χ2n) is 5.72. The van der Waals surface area contributed by atoms with Crippen molar-refractivity contribution in [2.24, 2.45) is 11.7 Å². The van der Waals surface area contributed by atoms with Gasteiger partial charge in [-0.1, -0.05) is 18.9 Å². The highest BCUT2D eigenvalue weighted by Gasteiger charge is 2.22. The normalized spacial score (nSPS) is 18.0. The molecule has 2 heteroatoms. The topological polar surface area (TPSA) is 35.2 Å². The summed E-state index contributed by atoms with van der Waals surface area (Å²) in [4.78, 5) is 0. The van der Waals surface area contributed by atoms with E-state index < -0.39 is 0 Å². The number of ether oxygens (including phenoxy) is 1. The SMILES string of the molecule is Cc1cc(C)c(C)c(OCC(N)C2CCCC2)c1. The first kappa shape index (κ1) is 13.4. The van der Waals surface area contributed by atoms with E-state index in [0.717, 1.165) is 5.75 Å². The Hall–Kier alpha value is -1.02. The van der Waals surface area contributed by atoms with Crippen molar-refractivity contribution in [1.29, 1.82) is 0 Å². The first-order chi connectivity index (χ1) is 8.58. The van der Waals surface area contributed by atoms with Crippen LogP contribution in [0.25, 0.3) is 0 Å². The molecular formula is C16H25NO. The summed E-state index contributed by atoms with van der Waals surface area (Å²) in [6.45, 7) is 7.00. The Bertz CT molecular complexity index is 408. The fourth-order valence-corrected chi connectivity index (χ4v) is 2.86. The number of rotatable bonds is 4. The quantitative estimate of drug-likeness (QED) is 0.883. The summed E-state index contributed by atoms with van der Waals surface area (Å²) in [5.41, 5.74) is 10.0. The lowest BCUT2D eigenvalue weighted by molar-refractivity contribution is 0.246. The third-order valence-electron chi connectivity index (χ3n) is 4.20. The molecular weight excluding hydrogens is 222 g/mol. The van der Waals surface area contributed by atoms with Crippen LogP contribution in [0, 0.1) is 26.7 Å². The van der Waals surface area contributed by atoms with Crippen molar-refractivity contribution in [3.8, 4) is 5.75 Å². The predicted octanol–water partition coefficient (Wildman–Crippen LogP) is 3.51. The molecule has 2 rings (SSSR count). The van der Waals surface area contributed by atoms with Crippen molar-refractivity contribution in [1.82, 2.24) is 0 Å². The summed E-state index contributed by atoms with van der Waals surface area (Å²) >= 11 is 0. The fraction of sp³-hybridized carbons (Fsp3) is 0.625. The molecule has 100 valence electrons. The van der Waals surface area contributed by atoms with E-state index >= 15 is 0 Å². The molecule has 0 saturated heterocycles. The average molecular weight is 247 g/mol. The van der Waals surface area contributed by atoms with E-state index in [1.807, 2.05) is 0 Å². The Morgan fingerprint density at radius 1 is 1.22 bits per heavy atom. The number of benzene rings is 1. The third-order valence-corrected chi connectivity index (χ3v) is 4.20. The Morgan fingerprint density at radius 2 is 1.89 bits per heavy atom. The van der Waals surface area contributed by atoms with Crippen LogP contribution in [-0.4, -0.2) is 12.6 Å².